The Kier molecular flexibility index (Phi) is 6.36. The minimum absolute atomic E-state index is 0.0788. The number of aryl methyl sites for hydroxylation is 2. The molecule has 9 heteroatoms. The van der Waals surface area contributed by atoms with Gasteiger partial charge in [0.25, 0.3) is 5.56 Å². The molecule has 1 N–H and O–H groups in total. The highest BCUT2D eigenvalue weighted by atomic mass is 32.2. The van der Waals surface area contributed by atoms with Crippen LogP contribution in [0.2, 0.25) is 0 Å². The van der Waals surface area contributed by atoms with Gasteiger partial charge in [-0.15, -0.1) is 11.3 Å². The molecule has 0 atom stereocenters. The topological polar surface area (TPSA) is 76.9 Å². The van der Waals surface area contributed by atoms with E-state index in [1.807, 2.05) is 44.2 Å². The molecule has 1 amide bonds. The monoisotopic (exact) mass is 504 g/mol. The second-order valence-corrected chi connectivity index (χ2v) is 10.1. The Bertz CT molecular complexity index is 1610. The van der Waals surface area contributed by atoms with E-state index in [1.54, 1.807) is 22.9 Å². The summed E-state index contributed by atoms with van der Waals surface area (Å²) in [4.78, 5) is 36.2. The van der Waals surface area contributed by atoms with Crippen LogP contribution >= 0.6 is 23.1 Å². The number of hydrogen-bond acceptors (Lipinski definition) is 6. The van der Waals surface area contributed by atoms with Gasteiger partial charge in [-0.2, -0.15) is 0 Å². The van der Waals surface area contributed by atoms with Gasteiger partial charge in [-0.3, -0.25) is 14.2 Å². The molecule has 0 saturated carbocycles. The summed E-state index contributed by atoms with van der Waals surface area (Å²) in [6, 6.07) is 15.5. The van der Waals surface area contributed by atoms with Crippen LogP contribution in [-0.2, 0) is 11.3 Å². The van der Waals surface area contributed by atoms with E-state index in [4.69, 9.17) is 4.98 Å². The smallest absolute Gasteiger partial charge is 0.272 e. The van der Waals surface area contributed by atoms with Crippen molar-refractivity contribution in [1.82, 2.24) is 14.5 Å². The Labute approximate surface area is 208 Å². The lowest BCUT2D eigenvalue weighted by Gasteiger charge is -2.14. The minimum Gasteiger partial charge on any atom is -0.325 e. The highest BCUT2D eigenvalue weighted by Crippen LogP contribution is 2.31. The van der Waals surface area contributed by atoms with E-state index >= 15 is 0 Å². The first-order valence-corrected chi connectivity index (χ1v) is 12.7. The lowest BCUT2D eigenvalue weighted by atomic mass is 10.1. The van der Waals surface area contributed by atoms with Gasteiger partial charge in [0.05, 0.1) is 17.8 Å². The summed E-state index contributed by atoms with van der Waals surface area (Å²) in [7, 11) is 0. The van der Waals surface area contributed by atoms with Crippen LogP contribution in [0.3, 0.4) is 0 Å². The number of amides is 1. The quantitative estimate of drug-likeness (QED) is 0.243. The zero-order valence-corrected chi connectivity index (χ0v) is 20.7. The van der Waals surface area contributed by atoms with Crippen molar-refractivity contribution in [3.63, 3.8) is 0 Å². The number of thioether (sulfide) groups is 1. The third kappa shape index (κ3) is 4.69. The molecule has 0 fully saturated rings. The molecule has 3 heterocycles. The highest BCUT2D eigenvalue weighted by Gasteiger charge is 2.18. The van der Waals surface area contributed by atoms with E-state index in [0.29, 0.717) is 15.4 Å². The number of thiophene rings is 1. The first kappa shape index (κ1) is 23.2. The molecular weight excluding hydrogens is 483 g/mol. The number of carbonyl (C=O) groups is 1. The maximum Gasteiger partial charge on any atom is 0.272 e. The van der Waals surface area contributed by atoms with Crippen LogP contribution in [-0.4, -0.2) is 26.2 Å². The number of para-hydroxylation sites is 1. The standard InChI is InChI=1S/C26H21FN4O2S2/c1-15-5-3-6-16(2)21(15)29-20(32)14-34-26-30-22-19-7-4-12-28-24(19)35-23(22)25(33)31(26)13-17-8-10-18(27)11-9-17/h3-12H,13-14H2,1-2H3,(H,29,32). The van der Waals surface area contributed by atoms with Crippen LogP contribution in [0.25, 0.3) is 20.4 Å². The number of benzene rings is 2. The summed E-state index contributed by atoms with van der Waals surface area (Å²) < 4.78 is 15.5. The highest BCUT2D eigenvalue weighted by molar-refractivity contribution is 7.99. The van der Waals surface area contributed by atoms with Gasteiger partial charge < -0.3 is 5.32 Å². The van der Waals surface area contributed by atoms with Crippen LogP contribution < -0.4 is 10.9 Å². The van der Waals surface area contributed by atoms with Gasteiger partial charge in [0.1, 0.15) is 15.3 Å². The van der Waals surface area contributed by atoms with Crippen molar-refractivity contribution >= 4 is 55.1 Å². The average Bonchev–Trinajstić information content (AvgIpc) is 3.22. The van der Waals surface area contributed by atoms with Crippen molar-refractivity contribution < 1.29 is 9.18 Å². The van der Waals surface area contributed by atoms with Gasteiger partial charge in [-0.05, 0) is 54.8 Å². The molecule has 0 aliphatic carbocycles. The number of hydrogen-bond donors (Lipinski definition) is 1. The molecular formula is C26H21FN4O2S2. The SMILES string of the molecule is Cc1cccc(C)c1NC(=O)CSc1nc2c(sc3ncccc32)c(=O)n1Cc1ccc(F)cc1. The molecule has 3 aromatic heterocycles. The number of anilines is 1. The summed E-state index contributed by atoms with van der Waals surface area (Å²) in [5, 5.41) is 4.21. The molecule has 0 saturated heterocycles. The molecule has 0 spiro atoms. The Morgan fingerprint density at radius 3 is 2.57 bits per heavy atom. The Hall–Kier alpha value is -3.56. The number of halogens is 1. The van der Waals surface area contributed by atoms with Gasteiger partial charge in [0.2, 0.25) is 5.91 Å². The summed E-state index contributed by atoms with van der Waals surface area (Å²) in [6.45, 7) is 4.10. The van der Waals surface area contributed by atoms with Crippen molar-refractivity contribution in [2.24, 2.45) is 0 Å². The predicted octanol–water partition coefficient (Wildman–Crippen LogP) is 5.54. The van der Waals surface area contributed by atoms with E-state index in [9.17, 15) is 14.0 Å². The molecule has 0 aliphatic rings. The van der Waals surface area contributed by atoms with Gasteiger partial charge in [-0.25, -0.2) is 14.4 Å². The predicted molar refractivity (Wildman–Crippen MR) is 140 cm³/mol. The average molecular weight is 505 g/mol. The number of carbonyl (C=O) groups excluding carboxylic acids is 1. The van der Waals surface area contributed by atoms with Crippen molar-refractivity contribution in [3.05, 3.63) is 93.7 Å². The van der Waals surface area contributed by atoms with Crippen LogP contribution in [0.5, 0.6) is 0 Å². The summed E-state index contributed by atoms with van der Waals surface area (Å²) in [6.07, 6.45) is 1.68. The Morgan fingerprint density at radius 2 is 1.83 bits per heavy atom. The molecule has 0 unspecified atom stereocenters. The Morgan fingerprint density at radius 1 is 1.09 bits per heavy atom. The van der Waals surface area contributed by atoms with E-state index in [1.165, 1.54) is 35.2 Å². The normalized spacial score (nSPS) is 11.3. The number of aromatic nitrogens is 3. The molecule has 6 nitrogen and oxygen atoms in total. The third-order valence-corrected chi connectivity index (χ3v) is 7.72. The molecule has 0 radical (unpaired) electrons. The van der Waals surface area contributed by atoms with Crippen molar-refractivity contribution in [3.8, 4) is 0 Å². The molecule has 176 valence electrons. The van der Waals surface area contributed by atoms with Gasteiger partial charge in [0.15, 0.2) is 5.16 Å². The van der Waals surface area contributed by atoms with Gasteiger partial charge >= 0.3 is 0 Å². The maximum atomic E-state index is 13.5. The maximum absolute atomic E-state index is 13.5. The third-order valence-electron chi connectivity index (χ3n) is 5.65. The molecule has 35 heavy (non-hydrogen) atoms. The number of rotatable bonds is 6. The zero-order valence-electron chi connectivity index (χ0n) is 19.0. The van der Waals surface area contributed by atoms with Crippen LogP contribution in [0, 0.1) is 19.7 Å². The second-order valence-electron chi connectivity index (χ2n) is 8.15. The fourth-order valence-electron chi connectivity index (χ4n) is 3.88. The number of fused-ring (bicyclic) bond motifs is 3. The Balaban J connectivity index is 1.51. The van der Waals surface area contributed by atoms with Gasteiger partial charge in [-0.1, -0.05) is 42.1 Å². The molecule has 0 aliphatic heterocycles. The van der Waals surface area contributed by atoms with Crippen molar-refractivity contribution in [2.75, 3.05) is 11.1 Å². The summed E-state index contributed by atoms with van der Waals surface area (Å²) in [5.74, 6) is -0.454. The first-order chi connectivity index (χ1) is 16.9. The van der Waals surface area contributed by atoms with E-state index in [0.717, 1.165) is 32.6 Å². The van der Waals surface area contributed by atoms with E-state index in [-0.39, 0.29) is 29.6 Å². The van der Waals surface area contributed by atoms with Gasteiger partial charge in [0, 0.05) is 17.3 Å². The summed E-state index contributed by atoms with van der Waals surface area (Å²) >= 11 is 2.50. The molecule has 5 aromatic rings. The lowest BCUT2D eigenvalue weighted by Crippen LogP contribution is -2.24. The lowest BCUT2D eigenvalue weighted by molar-refractivity contribution is -0.113. The van der Waals surface area contributed by atoms with E-state index in [2.05, 4.69) is 10.3 Å². The van der Waals surface area contributed by atoms with Crippen LogP contribution in [0.15, 0.2) is 70.7 Å². The number of nitrogens with zero attached hydrogens (tertiary/aromatic N) is 3. The van der Waals surface area contributed by atoms with E-state index < -0.39 is 0 Å². The zero-order chi connectivity index (χ0) is 24.5. The molecule has 0 bridgehead atoms. The fourth-order valence-corrected chi connectivity index (χ4v) is 5.70. The second kappa shape index (κ2) is 9.59. The minimum atomic E-state index is -0.344. The summed E-state index contributed by atoms with van der Waals surface area (Å²) in [5.41, 5.74) is 3.88. The first-order valence-electron chi connectivity index (χ1n) is 10.9. The fraction of sp³-hybridized carbons (Fsp3) is 0.154. The van der Waals surface area contributed by atoms with Crippen molar-refractivity contribution in [2.45, 2.75) is 25.5 Å². The number of pyridine rings is 1. The van der Waals surface area contributed by atoms with Crippen LogP contribution in [0.1, 0.15) is 16.7 Å². The van der Waals surface area contributed by atoms with Crippen LogP contribution in [0.4, 0.5) is 10.1 Å². The number of nitrogens with one attached hydrogen (secondary N) is 1. The molecule has 2 aromatic carbocycles. The van der Waals surface area contributed by atoms with Crippen molar-refractivity contribution in [1.29, 1.82) is 0 Å². The molecule has 5 rings (SSSR count). The largest absolute Gasteiger partial charge is 0.325 e.